The minimum atomic E-state index is -0.342. The fourth-order valence-corrected chi connectivity index (χ4v) is 2.23. The fourth-order valence-electron chi connectivity index (χ4n) is 2.23. The minimum absolute atomic E-state index is 0.244. The van der Waals surface area contributed by atoms with Crippen LogP contribution in [0.2, 0.25) is 0 Å². The van der Waals surface area contributed by atoms with Gasteiger partial charge in [-0.3, -0.25) is 0 Å². The quantitative estimate of drug-likeness (QED) is 0.919. The first-order valence-corrected chi connectivity index (χ1v) is 6.72. The molecule has 1 aliphatic heterocycles. The van der Waals surface area contributed by atoms with Crippen LogP contribution >= 0.6 is 0 Å². The topological polar surface area (TPSA) is 53.7 Å². The standard InChI is InChI=1S/C16H16FNO3/c17-13-3-1-2-12(7-13)16(8-18)19-9-11-4-5-14-15(6-11)21-10-20-14/h1-7,16H,8-10,18H2. The summed E-state index contributed by atoms with van der Waals surface area (Å²) >= 11 is 0. The van der Waals surface area contributed by atoms with E-state index in [1.165, 1.54) is 12.1 Å². The molecule has 0 amide bonds. The lowest BCUT2D eigenvalue weighted by atomic mass is 10.1. The van der Waals surface area contributed by atoms with E-state index in [2.05, 4.69) is 0 Å². The summed E-state index contributed by atoms with van der Waals surface area (Å²) in [6.45, 7) is 0.900. The summed E-state index contributed by atoms with van der Waals surface area (Å²) in [6, 6.07) is 11.9. The molecule has 0 fully saturated rings. The largest absolute Gasteiger partial charge is 0.454 e. The van der Waals surface area contributed by atoms with Crippen molar-refractivity contribution >= 4 is 0 Å². The zero-order valence-corrected chi connectivity index (χ0v) is 11.4. The zero-order chi connectivity index (χ0) is 14.7. The molecule has 0 spiro atoms. The van der Waals surface area contributed by atoms with Crippen LogP contribution in [0.3, 0.4) is 0 Å². The van der Waals surface area contributed by atoms with Gasteiger partial charge in [0.05, 0.1) is 12.7 Å². The molecule has 0 aromatic heterocycles. The number of rotatable bonds is 5. The van der Waals surface area contributed by atoms with Crippen molar-refractivity contribution < 1.29 is 18.6 Å². The van der Waals surface area contributed by atoms with E-state index in [0.717, 1.165) is 16.9 Å². The van der Waals surface area contributed by atoms with Crippen LogP contribution in [0.1, 0.15) is 17.2 Å². The van der Waals surface area contributed by atoms with Gasteiger partial charge < -0.3 is 19.9 Å². The van der Waals surface area contributed by atoms with Crippen molar-refractivity contribution in [3.8, 4) is 11.5 Å². The minimum Gasteiger partial charge on any atom is -0.454 e. The van der Waals surface area contributed by atoms with Crippen LogP contribution < -0.4 is 15.2 Å². The van der Waals surface area contributed by atoms with Crippen molar-refractivity contribution in [2.75, 3.05) is 13.3 Å². The van der Waals surface area contributed by atoms with Gasteiger partial charge in [-0.25, -0.2) is 4.39 Å². The van der Waals surface area contributed by atoms with Crippen LogP contribution in [-0.2, 0) is 11.3 Å². The monoisotopic (exact) mass is 289 g/mol. The second-order valence-electron chi connectivity index (χ2n) is 4.78. The molecule has 21 heavy (non-hydrogen) atoms. The van der Waals surface area contributed by atoms with E-state index in [-0.39, 0.29) is 25.3 Å². The summed E-state index contributed by atoms with van der Waals surface area (Å²) in [6.07, 6.45) is -0.342. The number of benzene rings is 2. The van der Waals surface area contributed by atoms with Gasteiger partial charge in [0.2, 0.25) is 6.79 Å². The number of ether oxygens (including phenoxy) is 3. The van der Waals surface area contributed by atoms with Gasteiger partial charge in [-0.2, -0.15) is 0 Å². The lowest BCUT2D eigenvalue weighted by Gasteiger charge is -2.16. The molecule has 2 aromatic rings. The van der Waals surface area contributed by atoms with Gasteiger partial charge in [0, 0.05) is 6.54 Å². The Morgan fingerprint density at radius 3 is 2.81 bits per heavy atom. The molecule has 5 heteroatoms. The number of hydrogen-bond donors (Lipinski definition) is 1. The van der Waals surface area contributed by atoms with Crippen molar-refractivity contribution in [3.05, 3.63) is 59.4 Å². The zero-order valence-electron chi connectivity index (χ0n) is 11.4. The van der Waals surface area contributed by atoms with E-state index in [1.54, 1.807) is 12.1 Å². The molecule has 0 saturated heterocycles. The van der Waals surface area contributed by atoms with Crippen molar-refractivity contribution in [2.24, 2.45) is 5.73 Å². The lowest BCUT2D eigenvalue weighted by molar-refractivity contribution is 0.0454. The highest BCUT2D eigenvalue weighted by Crippen LogP contribution is 2.33. The Hall–Kier alpha value is -2.11. The smallest absolute Gasteiger partial charge is 0.231 e. The Kier molecular flexibility index (Phi) is 4.03. The maximum atomic E-state index is 13.3. The second-order valence-corrected chi connectivity index (χ2v) is 4.78. The second kappa shape index (κ2) is 6.11. The van der Waals surface area contributed by atoms with Crippen LogP contribution in [0.15, 0.2) is 42.5 Å². The Morgan fingerprint density at radius 1 is 1.14 bits per heavy atom. The fraction of sp³-hybridized carbons (Fsp3) is 0.250. The molecule has 1 heterocycles. The van der Waals surface area contributed by atoms with Crippen LogP contribution in [0, 0.1) is 5.82 Å². The third-order valence-electron chi connectivity index (χ3n) is 3.32. The molecule has 0 saturated carbocycles. The molecule has 2 aromatic carbocycles. The predicted octanol–water partition coefficient (Wildman–Crippen LogP) is 2.77. The van der Waals surface area contributed by atoms with E-state index in [9.17, 15) is 4.39 Å². The molecule has 3 rings (SSSR count). The summed E-state index contributed by atoms with van der Waals surface area (Å²) < 4.78 is 29.6. The predicted molar refractivity (Wildman–Crippen MR) is 75.5 cm³/mol. The van der Waals surface area contributed by atoms with Crippen LogP contribution in [0.25, 0.3) is 0 Å². The molecule has 1 atom stereocenters. The summed E-state index contributed by atoms with van der Waals surface area (Å²) in [5.41, 5.74) is 7.40. The number of halogens is 1. The van der Waals surface area contributed by atoms with Gasteiger partial charge in [-0.15, -0.1) is 0 Å². The normalized spacial score (nSPS) is 14.2. The highest BCUT2D eigenvalue weighted by atomic mass is 19.1. The van der Waals surface area contributed by atoms with Crippen molar-refractivity contribution in [1.29, 1.82) is 0 Å². The Labute approximate surface area is 122 Å². The van der Waals surface area contributed by atoms with Crippen LogP contribution in [0.5, 0.6) is 11.5 Å². The average Bonchev–Trinajstić information content (AvgIpc) is 2.95. The van der Waals surface area contributed by atoms with Crippen molar-refractivity contribution in [1.82, 2.24) is 0 Å². The Morgan fingerprint density at radius 2 is 2.00 bits per heavy atom. The third-order valence-corrected chi connectivity index (χ3v) is 3.32. The first kappa shape index (κ1) is 13.9. The highest BCUT2D eigenvalue weighted by Gasteiger charge is 2.15. The summed E-state index contributed by atoms with van der Waals surface area (Å²) in [5, 5.41) is 0. The maximum absolute atomic E-state index is 13.3. The highest BCUT2D eigenvalue weighted by molar-refractivity contribution is 5.44. The van der Waals surface area contributed by atoms with Gasteiger partial charge in [0.1, 0.15) is 5.82 Å². The van der Waals surface area contributed by atoms with Crippen LogP contribution in [-0.4, -0.2) is 13.3 Å². The molecule has 4 nitrogen and oxygen atoms in total. The molecular weight excluding hydrogens is 273 g/mol. The lowest BCUT2D eigenvalue weighted by Crippen LogP contribution is -2.16. The van der Waals surface area contributed by atoms with E-state index in [1.807, 2.05) is 18.2 Å². The van der Waals surface area contributed by atoms with Gasteiger partial charge in [-0.05, 0) is 35.4 Å². The first-order chi connectivity index (χ1) is 10.3. The molecular formula is C16H16FNO3. The molecule has 0 radical (unpaired) electrons. The van der Waals surface area contributed by atoms with E-state index >= 15 is 0 Å². The Balaban J connectivity index is 1.68. The summed E-state index contributed by atoms with van der Waals surface area (Å²) in [7, 11) is 0. The van der Waals surface area contributed by atoms with Crippen molar-refractivity contribution in [3.63, 3.8) is 0 Å². The van der Waals surface area contributed by atoms with Crippen LogP contribution in [0.4, 0.5) is 4.39 Å². The van der Waals surface area contributed by atoms with Gasteiger partial charge in [-0.1, -0.05) is 18.2 Å². The van der Waals surface area contributed by atoms with Gasteiger partial charge >= 0.3 is 0 Å². The molecule has 0 bridgehead atoms. The molecule has 1 aliphatic rings. The third kappa shape index (κ3) is 3.15. The summed E-state index contributed by atoms with van der Waals surface area (Å²) in [4.78, 5) is 0. The van der Waals surface area contributed by atoms with E-state index < -0.39 is 0 Å². The number of nitrogens with two attached hydrogens (primary N) is 1. The van der Waals surface area contributed by atoms with E-state index in [4.69, 9.17) is 19.9 Å². The van der Waals surface area contributed by atoms with Gasteiger partial charge in [0.15, 0.2) is 11.5 Å². The van der Waals surface area contributed by atoms with E-state index in [0.29, 0.717) is 12.4 Å². The van der Waals surface area contributed by atoms with Crippen molar-refractivity contribution in [2.45, 2.75) is 12.7 Å². The molecule has 2 N–H and O–H groups in total. The first-order valence-electron chi connectivity index (χ1n) is 6.72. The number of hydrogen-bond acceptors (Lipinski definition) is 4. The SMILES string of the molecule is NCC(OCc1ccc2c(c1)OCO2)c1cccc(F)c1. The maximum Gasteiger partial charge on any atom is 0.231 e. The molecule has 110 valence electrons. The molecule has 0 aliphatic carbocycles. The average molecular weight is 289 g/mol. The summed E-state index contributed by atoms with van der Waals surface area (Å²) in [5.74, 6) is 1.16. The molecule has 1 unspecified atom stereocenters. The Bertz CT molecular complexity index is 633. The van der Waals surface area contributed by atoms with Gasteiger partial charge in [0.25, 0.3) is 0 Å². The number of fused-ring (bicyclic) bond motifs is 1.